The zero-order valence-corrected chi connectivity index (χ0v) is 16.1. The Bertz CT molecular complexity index is 1030. The molecule has 0 spiro atoms. The second-order valence-corrected chi connectivity index (χ2v) is 7.48. The maximum Gasteiger partial charge on any atom is 0.255 e. The highest BCUT2D eigenvalue weighted by Crippen LogP contribution is 2.48. The quantitative estimate of drug-likeness (QED) is 0.497. The topological polar surface area (TPSA) is 29.5 Å². The van der Waals surface area contributed by atoms with E-state index in [0.717, 1.165) is 32.5 Å². The Kier molecular flexibility index (Phi) is 4.92. The van der Waals surface area contributed by atoms with Gasteiger partial charge in [0.15, 0.2) is 0 Å². The third-order valence-electron chi connectivity index (χ3n) is 4.24. The summed E-state index contributed by atoms with van der Waals surface area (Å²) in [5.74, 6) is 0.658. The summed E-state index contributed by atoms with van der Waals surface area (Å²) in [5.41, 5.74) is 2.59. The van der Waals surface area contributed by atoms with E-state index in [1.807, 2.05) is 66.7 Å². The monoisotopic (exact) mass is 393 g/mol. The number of rotatable bonds is 3. The number of para-hydroxylation sites is 1. The third kappa shape index (κ3) is 3.59. The molecular weight excluding hydrogens is 378 g/mol. The molecule has 0 saturated carbocycles. The van der Waals surface area contributed by atoms with Gasteiger partial charge in [0.1, 0.15) is 5.75 Å². The maximum absolute atomic E-state index is 13.1. The summed E-state index contributed by atoms with van der Waals surface area (Å²) < 4.78 is 5.17. The van der Waals surface area contributed by atoms with Crippen LogP contribution in [0.25, 0.3) is 6.08 Å². The van der Waals surface area contributed by atoms with Crippen molar-refractivity contribution in [1.29, 1.82) is 0 Å². The first-order chi connectivity index (χ1) is 13.2. The molecule has 3 nitrogen and oxygen atoms in total. The fraction of sp³-hybridized carbons (Fsp3) is 0.0455. The van der Waals surface area contributed by atoms with E-state index in [9.17, 15) is 4.79 Å². The van der Waals surface area contributed by atoms with Gasteiger partial charge in [-0.05, 0) is 54.1 Å². The van der Waals surface area contributed by atoms with Crippen LogP contribution in [0.2, 0.25) is 5.02 Å². The van der Waals surface area contributed by atoms with E-state index in [-0.39, 0.29) is 5.91 Å². The second-order valence-electron chi connectivity index (χ2n) is 5.96. The van der Waals surface area contributed by atoms with Crippen LogP contribution in [0.1, 0.15) is 5.56 Å². The lowest BCUT2D eigenvalue weighted by Gasteiger charge is -2.30. The number of ether oxygens (including phenoxy) is 1. The van der Waals surface area contributed by atoms with Crippen LogP contribution in [0.3, 0.4) is 0 Å². The van der Waals surface area contributed by atoms with E-state index in [1.165, 1.54) is 0 Å². The first-order valence-electron chi connectivity index (χ1n) is 8.38. The highest BCUT2D eigenvalue weighted by molar-refractivity contribution is 7.99. The van der Waals surface area contributed by atoms with Crippen LogP contribution >= 0.6 is 23.4 Å². The molecule has 0 N–H and O–H groups in total. The van der Waals surface area contributed by atoms with Gasteiger partial charge in [-0.15, -0.1) is 0 Å². The Morgan fingerprint density at radius 2 is 1.74 bits per heavy atom. The van der Waals surface area contributed by atoms with Gasteiger partial charge in [-0.2, -0.15) is 0 Å². The minimum atomic E-state index is -0.123. The van der Waals surface area contributed by atoms with Crippen molar-refractivity contribution < 1.29 is 9.53 Å². The highest BCUT2D eigenvalue weighted by Gasteiger charge is 2.27. The fourth-order valence-electron chi connectivity index (χ4n) is 2.92. The Hall–Kier alpha value is -2.69. The molecule has 0 saturated heterocycles. The van der Waals surface area contributed by atoms with Gasteiger partial charge in [0.2, 0.25) is 0 Å². The normalized spacial score (nSPS) is 12.6. The van der Waals surface area contributed by atoms with E-state index in [1.54, 1.807) is 35.9 Å². The van der Waals surface area contributed by atoms with Crippen molar-refractivity contribution in [2.24, 2.45) is 0 Å². The van der Waals surface area contributed by atoms with Crippen molar-refractivity contribution in [3.05, 3.63) is 83.4 Å². The standard InChI is InChI=1S/C22H16ClNO2S/c1-26-17-10-6-15(7-11-17)8-13-22(25)24-18-4-2-3-5-20(18)27-21-12-9-16(23)14-19(21)24/h2-14H,1H3/b13-8+. The van der Waals surface area contributed by atoms with Crippen molar-refractivity contribution in [2.45, 2.75) is 9.79 Å². The molecule has 1 aliphatic rings. The molecule has 4 rings (SSSR count). The zero-order valence-electron chi connectivity index (χ0n) is 14.6. The third-order valence-corrected chi connectivity index (χ3v) is 5.61. The lowest BCUT2D eigenvalue weighted by molar-refractivity contribution is -0.113. The molecular formula is C22H16ClNO2S. The molecule has 1 amide bonds. The first-order valence-corrected chi connectivity index (χ1v) is 9.58. The Morgan fingerprint density at radius 3 is 2.52 bits per heavy atom. The Balaban J connectivity index is 1.70. The number of benzene rings is 3. The van der Waals surface area contributed by atoms with Gasteiger partial charge in [-0.3, -0.25) is 9.69 Å². The number of amides is 1. The number of halogens is 1. The summed E-state index contributed by atoms with van der Waals surface area (Å²) in [5, 5.41) is 0.602. The summed E-state index contributed by atoms with van der Waals surface area (Å²) in [6, 6.07) is 21.1. The lowest BCUT2D eigenvalue weighted by Crippen LogP contribution is -2.26. The molecule has 0 aliphatic carbocycles. The molecule has 134 valence electrons. The lowest BCUT2D eigenvalue weighted by atomic mass is 10.2. The van der Waals surface area contributed by atoms with E-state index >= 15 is 0 Å². The molecule has 0 unspecified atom stereocenters. The SMILES string of the molecule is COc1ccc(/C=C/C(=O)N2c3ccccc3Sc3ccc(Cl)cc32)cc1. The van der Waals surface area contributed by atoms with Gasteiger partial charge in [0, 0.05) is 20.9 Å². The smallest absolute Gasteiger partial charge is 0.255 e. The number of hydrogen-bond donors (Lipinski definition) is 0. The Morgan fingerprint density at radius 1 is 1.00 bits per heavy atom. The number of anilines is 2. The van der Waals surface area contributed by atoms with Crippen LogP contribution in [-0.4, -0.2) is 13.0 Å². The molecule has 0 aromatic heterocycles. The average molecular weight is 394 g/mol. The first kappa shape index (κ1) is 17.7. The van der Waals surface area contributed by atoms with Crippen LogP contribution in [0.15, 0.2) is 82.6 Å². The average Bonchev–Trinajstić information content (AvgIpc) is 2.70. The Labute approximate surface area is 167 Å². The van der Waals surface area contributed by atoms with Crippen LogP contribution in [-0.2, 0) is 4.79 Å². The molecule has 0 bridgehead atoms. The summed E-state index contributed by atoms with van der Waals surface area (Å²) in [7, 11) is 1.63. The minimum Gasteiger partial charge on any atom is -0.497 e. The van der Waals surface area contributed by atoms with Crippen LogP contribution in [0.5, 0.6) is 5.75 Å². The van der Waals surface area contributed by atoms with Crippen molar-refractivity contribution in [1.82, 2.24) is 0 Å². The second kappa shape index (κ2) is 7.51. The van der Waals surface area contributed by atoms with E-state index in [4.69, 9.17) is 16.3 Å². The number of fused-ring (bicyclic) bond motifs is 2. The molecule has 3 aromatic rings. The van der Waals surface area contributed by atoms with Gasteiger partial charge >= 0.3 is 0 Å². The van der Waals surface area contributed by atoms with E-state index in [2.05, 4.69) is 0 Å². The van der Waals surface area contributed by atoms with Crippen LogP contribution in [0.4, 0.5) is 11.4 Å². The summed E-state index contributed by atoms with van der Waals surface area (Å²) in [4.78, 5) is 16.9. The van der Waals surface area contributed by atoms with Crippen LogP contribution in [0, 0.1) is 0 Å². The summed E-state index contributed by atoms with van der Waals surface area (Å²) >= 11 is 7.84. The van der Waals surface area contributed by atoms with Crippen molar-refractivity contribution in [2.75, 3.05) is 12.0 Å². The molecule has 27 heavy (non-hydrogen) atoms. The zero-order chi connectivity index (χ0) is 18.8. The van der Waals surface area contributed by atoms with Gasteiger partial charge in [0.25, 0.3) is 5.91 Å². The number of carbonyl (C=O) groups excluding carboxylic acids is 1. The van der Waals surface area contributed by atoms with E-state index < -0.39 is 0 Å². The minimum absolute atomic E-state index is 0.123. The molecule has 1 heterocycles. The van der Waals surface area contributed by atoms with Crippen molar-refractivity contribution >= 4 is 46.7 Å². The molecule has 0 radical (unpaired) electrons. The number of carbonyl (C=O) groups is 1. The molecule has 1 aliphatic heterocycles. The summed E-state index contributed by atoms with van der Waals surface area (Å²) in [6.07, 6.45) is 3.38. The van der Waals surface area contributed by atoms with Gasteiger partial charge in [0.05, 0.1) is 18.5 Å². The van der Waals surface area contributed by atoms with Crippen LogP contribution < -0.4 is 9.64 Å². The number of nitrogens with zero attached hydrogens (tertiary/aromatic N) is 1. The molecule has 0 fully saturated rings. The predicted molar refractivity (Wildman–Crippen MR) is 111 cm³/mol. The molecule has 5 heteroatoms. The van der Waals surface area contributed by atoms with Crippen molar-refractivity contribution in [3.63, 3.8) is 0 Å². The maximum atomic E-state index is 13.1. The van der Waals surface area contributed by atoms with Gasteiger partial charge < -0.3 is 4.74 Å². The number of methoxy groups -OCH3 is 1. The number of hydrogen-bond acceptors (Lipinski definition) is 3. The van der Waals surface area contributed by atoms with E-state index in [0.29, 0.717) is 5.02 Å². The predicted octanol–water partition coefficient (Wildman–Crippen LogP) is 6.19. The van der Waals surface area contributed by atoms with Gasteiger partial charge in [-0.1, -0.05) is 47.6 Å². The largest absolute Gasteiger partial charge is 0.497 e. The summed E-state index contributed by atoms with van der Waals surface area (Å²) in [6.45, 7) is 0. The highest BCUT2D eigenvalue weighted by atomic mass is 35.5. The molecule has 0 atom stereocenters. The van der Waals surface area contributed by atoms with Gasteiger partial charge in [-0.25, -0.2) is 0 Å². The fourth-order valence-corrected chi connectivity index (χ4v) is 4.13. The molecule has 3 aromatic carbocycles. The van der Waals surface area contributed by atoms with Crippen molar-refractivity contribution in [3.8, 4) is 5.75 Å².